The molecule has 0 aromatic carbocycles. The van der Waals surface area contributed by atoms with Gasteiger partial charge in [-0.1, -0.05) is 6.92 Å². The van der Waals surface area contributed by atoms with E-state index in [1.165, 1.54) is 11.8 Å². The van der Waals surface area contributed by atoms with Crippen molar-refractivity contribution < 1.29 is 0 Å². The standard InChI is InChI=1S/C12H16N6OS/c1-2-13-5-8-6-14-10(15-7-8)20-12-17-16-11(19)18(12)9-3-4-9/h6-7,9,13H,2-5H2,1H3,(H,16,19). The van der Waals surface area contributed by atoms with Crippen LogP contribution in [0.5, 0.6) is 0 Å². The molecule has 0 aliphatic heterocycles. The van der Waals surface area contributed by atoms with Crippen molar-refractivity contribution >= 4 is 11.8 Å². The van der Waals surface area contributed by atoms with Crippen LogP contribution in [-0.4, -0.2) is 31.3 Å². The molecule has 0 atom stereocenters. The third kappa shape index (κ3) is 2.91. The lowest BCUT2D eigenvalue weighted by atomic mass is 10.3. The third-order valence-corrected chi connectivity index (χ3v) is 3.89. The molecule has 2 aromatic rings. The molecule has 0 amide bonds. The van der Waals surface area contributed by atoms with Crippen molar-refractivity contribution in [2.75, 3.05) is 6.54 Å². The fraction of sp³-hybridized carbons (Fsp3) is 0.500. The summed E-state index contributed by atoms with van der Waals surface area (Å²) in [6, 6.07) is 0.289. The molecule has 1 aliphatic rings. The van der Waals surface area contributed by atoms with E-state index in [0.717, 1.165) is 31.5 Å². The molecule has 0 bridgehead atoms. The average Bonchev–Trinajstić information content (AvgIpc) is 3.23. The van der Waals surface area contributed by atoms with Crippen molar-refractivity contribution in [2.45, 2.75) is 42.7 Å². The topological polar surface area (TPSA) is 88.5 Å². The molecule has 0 saturated heterocycles. The minimum Gasteiger partial charge on any atom is -0.313 e. The molecule has 0 unspecified atom stereocenters. The van der Waals surface area contributed by atoms with Crippen LogP contribution in [0.15, 0.2) is 27.5 Å². The molecule has 20 heavy (non-hydrogen) atoms. The number of aromatic nitrogens is 5. The van der Waals surface area contributed by atoms with E-state index in [2.05, 4.69) is 32.4 Å². The van der Waals surface area contributed by atoms with Crippen molar-refractivity contribution in [3.8, 4) is 0 Å². The van der Waals surface area contributed by atoms with Gasteiger partial charge in [0.15, 0.2) is 10.3 Å². The number of rotatable bonds is 6. The summed E-state index contributed by atoms with van der Waals surface area (Å²) in [4.78, 5) is 20.3. The Morgan fingerprint density at radius 2 is 2.20 bits per heavy atom. The van der Waals surface area contributed by atoms with Gasteiger partial charge < -0.3 is 5.32 Å². The second-order valence-corrected chi connectivity index (χ2v) is 5.60. The van der Waals surface area contributed by atoms with Gasteiger partial charge in [0.25, 0.3) is 0 Å². The van der Waals surface area contributed by atoms with Crippen LogP contribution in [0.25, 0.3) is 0 Å². The van der Waals surface area contributed by atoms with Gasteiger partial charge in [0.05, 0.1) is 0 Å². The minimum absolute atomic E-state index is 0.154. The molecule has 1 aliphatic carbocycles. The third-order valence-electron chi connectivity index (χ3n) is 3.03. The summed E-state index contributed by atoms with van der Waals surface area (Å²) >= 11 is 1.31. The zero-order valence-corrected chi connectivity index (χ0v) is 12.0. The Labute approximate surface area is 120 Å². The Bertz CT molecular complexity index is 630. The van der Waals surface area contributed by atoms with E-state index in [0.29, 0.717) is 10.3 Å². The van der Waals surface area contributed by atoms with E-state index in [9.17, 15) is 4.79 Å². The minimum atomic E-state index is -0.154. The van der Waals surface area contributed by atoms with Crippen LogP contribution in [0.4, 0.5) is 0 Å². The zero-order valence-electron chi connectivity index (χ0n) is 11.2. The van der Waals surface area contributed by atoms with Crippen LogP contribution in [-0.2, 0) is 6.54 Å². The molecule has 1 fully saturated rings. The van der Waals surface area contributed by atoms with Gasteiger partial charge in [-0.05, 0) is 31.1 Å². The normalized spacial score (nSPS) is 14.7. The fourth-order valence-electron chi connectivity index (χ4n) is 1.85. The molecule has 2 heterocycles. The van der Waals surface area contributed by atoms with Gasteiger partial charge in [0.2, 0.25) is 0 Å². The average molecular weight is 292 g/mol. The van der Waals surface area contributed by atoms with Crippen LogP contribution in [0.2, 0.25) is 0 Å². The Morgan fingerprint density at radius 1 is 1.45 bits per heavy atom. The first-order chi connectivity index (χ1) is 9.78. The summed E-state index contributed by atoms with van der Waals surface area (Å²) in [6.07, 6.45) is 5.67. The quantitative estimate of drug-likeness (QED) is 0.771. The first-order valence-corrected chi connectivity index (χ1v) is 7.46. The van der Waals surface area contributed by atoms with Crippen LogP contribution >= 0.6 is 11.8 Å². The molecule has 0 spiro atoms. The van der Waals surface area contributed by atoms with Gasteiger partial charge >= 0.3 is 5.69 Å². The van der Waals surface area contributed by atoms with Gasteiger partial charge in [-0.15, -0.1) is 5.10 Å². The SMILES string of the molecule is CCNCc1cnc(Sc2n[nH]c(=O)n2C2CC2)nc1. The predicted octanol–water partition coefficient (Wildman–Crippen LogP) is 0.957. The van der Waals surface area contributed by atoms with Gasteiger partial charge in [0.1, 0.15) is 0 Å². The maximum Gasteiger partial charge on any atom is 0.344 e. The van der Waals surface area contributed by atoms with E-state index in [1.54, 1.807) is 17.0 Å². The molecule has 2 N–H and O–H groups in total. The molecular weight excluding hydrogens is 276 g/mol. The molecule has 8 heteroatoms. The smallest absolute Gasteiger partial charge is 0.313 e. The van der Waals surface area contributed by atoms with Gasteiger partial charge in [-0.3, -0.25) is 4.57 Å². The molecule has 1 saturated carbocycles. The summed E-state index contributed by atoms with van der Waals surface area (Å²) in [7, 11) is 0. The van der Waals surface area contributed by atoms with Crippen LogP contribution in [0, 0.1) is 0 Å². The summed E-state index contributed by atoms with van der Waals surface area (Å²) in [5.74, 6) is 0. The van der Waals surface area contributed by atoms with Crippen molar-refractivity contribution in [3.63, 3.8) is 0 Å². The summed E-state index contributed by atoms with van der Waals surface area (Å²) in [6.45, 7) is 3.73. The largest absolute Gasteiger partial charge is 0.344 e. The Hall–Kier alpha value is -1.67. The molecular formula is C12H16N6OS. The fourth-order valence-corrected chi connectivity index (χ4v) is 2.65. The van der Waals surface area contributed by atoms with E-state index in [-0.39, 0.29) is 11.7 Å². The van der Waals surface area contributed by atoms with Crippen molar-refractivity contribution in [1.82, 2.24) is 30.0 Å². The number of nitrogens with zero attached hydrogens (tertiary/aromatic N) is 4. The summed E-state index contributed by atoms with van der Waals surface area (Å²) in [5, 5.41) is 11.0. The predicted molar refractivity (Wildman–Crippen MR) is 74.7 cm³/mol. The molecule has 2 aromatic heterocycles. The number of hydrogen-bond donors (Lipinski definition) is 2. The highest BCUT2D eigenvalue weighted by molar-refractivity contribution is 7.99. The molecule has 106 valence electrons. The van der Waals surface area contributed by atoms with E-state index >= 15 is 0 Å². The van der Waals surface area contributed by atoms with Crippen LogP contribution in [0.1, 0.15) is 31.4 Å². The second-order valence-electron chi connectivity index (χ2n) is 4.67. The highest BCUT2D eigenvalue weighted by atomic mass is 32.2. The number of hydrogen-bond acceptors (Lipinski definition) is 6. The van der Waals surface area contributed by atoms with Crippen LogP contribution in [0.3, 0.4) is 0 Å². The number of nitrogens with one attached hydrogen (secondary N) is 2. The zero-order chi connectivity index (χ0) is 13.9. The van der Waals surface area contributed by atoms with Crippen molar-refractivity contribution in [2.24, 2.45) is 0 Å². The lowest BCUT2D eigenvalue weighted by Crippen LogP contribution is -2.16. The maximum absolute atomic E-state index is 11.7. The van der Waals surface area contributed by atoms with Gasteiger partial charge in [-0.25, -0.2) is 19.9 Å². The monoisotopic (exact) mass is 292 g/mol. The van der Waals surface area contributed by atoms with Gasteiger partial charge in [0, 0.05) is 30.5 Å². The second kappa shape index (κ2) is 5.76. The Morgan fingerprint density at radius 3 is 2.85 bits per heavy atom. The van der Waals surface area contributed by atoms with E-state index in [4.69, 9.17) is 0 Å². The lowest BCUT2D eigenvalue weighted by Gasteiger charge is -2.03. The first kappa shape index (κ1) is 13.3. The number of H-pyrrole nitrogens is 1. The number of aromatic amines is 1. The van der Waals surface area contributed by atoms with Gasteiger partial charge in [-0.2, -0.15) is 0 Å². The van der Waals surface area contributed by atoms with E-state index in [1.807, 2.05) is 0 Å². The molecule has 0 radical (unpaired) electrons. The maximum atomic E-state index is 11.7. The first-order valence-electron chi connectivity index (χ1n) is 6.64. The highest BCUT2D eigenvalue weighted by Gasteiger charge is 2.29. The molecule has 3 rings (SSSR count). The summed E-state index contributed by atoms with van der Waals surface area (Å²) < 4.78 is 1.70. The molecule has 7 nitrogen and oxygen atoms in total. The lowest BCUT2D eigenvalue weighted by molar-refractivity contribution is 0.641. The Kier molecular flexibility index (Phi) is 3.83. The van der Waals surface area contributed by atoms with Crippen molar-refractivity contribution in [1.29, 1.82) is 0 Å². The summed E-state index contributed by atoms with van der Waals surface area (Å²) in [5.41, 5.74) is 0.886. The van der Waals surface area contributed by atoms with Crippen LogP contribution < -0.4 is 11.0 Å². The van der Waals surface area contributed by atoms with E-state index < -0.39 is 0 Å². The highest BCUT2D eigenvalue weighted by Crippen LogP contribution is 2.36. The Balaban J connectivity index is 1.73. The van der Waals surface area contributed by atoms with Crippen molar-refractivity contribution in [3.05, 3.63) is 28.4 Å².